The standard InChI is InChI=1S/C26H24F3N3O2S/c1-16-13-17(2)30-25-22(16)14-24(20-11-12-20)32(25)15-18-7-9-19(10-8-18)21-5-3-4-6-23(21)31-35(33,34)26(27,28)29/h3-10,13-14,20,31H,11-12,15H2,1-2H3. The summed E-state index contributed by atoms with van der Waals surface area (Å²) in [4.78, 5) is 4.80. The first-order chi connectivity index (χ1) is 16.5. The number of nitrogens with zero attached hydrogens (tertiary/aromatic N) is 2. The first kappa shape index (κ1) is 23.4. The van der Waals surface area contributed by atoms with Crippen molar-refractivity contribution in [3.05, 3.63) is 83.2 Å². The molecule has 0 saturated heterocycles. The predicted molar refractivity (Wildman–Crippen MR) is 131 cm³/mol. The molecule has 0 amide bonds. The lowest BCUT2D eigenvalue weighted by Gasteiger charge is -2.15. The van der Waals surface area contributed by atoms with E-state index in [2.05, 4.69) is 23.6 Å². The molecule has 182 valence electrons. The molecule has 2 heterocycles. The molecule has 0 bridgehead atoms. The van der Waals surface area contributed by atoms with Crippen LogP contribution in [0.1, 0.15) is 41.3 Å². The number of anilines is 1. The van der Waals surface area contributed by atoms with Crippen LogP contribution < -0.4 is 4.72 Å². The molecule has 1 N–H and O–H groups in total. The fourth-order valence-electron chi connectivity index (χ4n) is 4.44. The van der Waals surface area contributed by atoms with E-state index in [1.807, 2.05) is 19.1 Å². The Morgan fingerprint density at radius 2 is 1.71 bits per heavy atom. The number of rotatable bonds is 6. The van der Waals surface area contributed by atoms with Crippen LogP contribution in [0.2, 0.25) is 0 Å². The molecular weight excluding hydrogens is 475 g/mol. The van der Waals surface area contributed by atoms with Gasteiger partial charge in [-0.2, -0.15) is 21.6 Å². The Bertz CT molecular complexity index is 1520. The molecule has 0 atom stereocenters. The number of hydrogen-bond acceptors (Lipinski definition) is 3. The van der Waals surface area contributed by atoms with E-state index < -0.39 is 15.5 Å². The van der Waals surface area contributed by atoms with Crippen molar-refractivity contribution in [3.63, 3.8) is 0 Å². The number of sulfonamides is 1. The van der Waals surface area contributed by atoms with Gasteiger partial charge in [0.1, 0.15) is 5.65 Å². The quantitative estimate of drug-likeness (QED) is 0.329. The van der Waals surface area contributed by atoms with E-state index in [1.54, 1.807) is 29.0 Å². The number of aromatic nitrogens is 2. The molecule has 35 heavy (non-hydrogen) atoms. The van der Waals surface area contributed by atoms with Crippen molar-refractivity contribution in [1.82, 2.24) is 9.55 Å². The molecule has 5 nitrogen and oxygen atoms in total. The Labute approximate surface area is 201 Å². The van der Waals surface area contributed by atoms with Crippen LogP contribution in [0.3, 0.4) is 0 Å². The maximum atomic E-state index is 12.9. The zero-order valence-corrected chi connectivity index (χ0v) is 20.0. The smallest absolute Gasteiger partial charge is 0.325 e. The fourth-order valence-corrected chi connectivity index (χ4v) is 5.02. The number of pyridine rings is 1. The van der Waals surface area contributed by atoms with Gasteiger partial charge >= 0.3 is 15.5 Å². The van der Waals surface area contributed by atoms with E-state index in [0.717, 1.165) is 35.1 Å². The summed E-state index contributed by atoms with van der Waals surface area (Å²) < 4.78 is 65.9. The molecule has 0 radical (unpaired) electrons. The highest BCUT2D eigenvalue weighted by Gasteiger charge is 2.46. The molecule has 9 heteroatoms. The molecule has 0 aliphatic heterocycles. The van der Waals surface area contributed by atoms with Crippen molar-refractivity contribution in [2.75, 3.05) is 4.72 Å². The zero-order chi connectivity index (χ0) is 25.0. The van der Waals surface area contributed by atoms with Gasteiger partial charge in [0.25, 0.3) is 0 Å². The number of aryl methyl sites for hydroxylation is 2. The van der Waals surface area contributed by atoms with Crippen LogP contribution in [0.15, 0.2) is 60.7 Å². The van der Waals surface area contributed by atoms with Gasteiger partial charge in [0, 0.05) is 28.9 Å². The van der Waals surface area contributed by atoms with Crippen molar-refractivity contribution in [3.8, 4) is 11.1 Å². The molecule has 0 unspecified atom stereocenters. The molecule has 0 spiro atoms. The van der Waals surface area contributed by atoms with Crippen LogP contribution in [0, 0.1) is 13.8 Å². The largest absolute Gasteiger partial charge is 0.516 e. The van der Waals surface area contributed by atoms with Crippen LogP contribution in [0.25, 0.3) is 22.2 Å². The zero-order valence-electron chi connectivity index (χ0n) is 19.2. The van der Waals surface area contributed by atoms with Gasteiger partial charge in [-0.3, -0.25) is 4.72 Å². The number of hydrogen-bond donors (Lipinski definition) is 1. The third kappa shape index (κ3) is 4.52. The maximum absolute atomic E-state index is 12.9. The van der Waals surface area contributed by atoms with E-state index >= 15 is 0 Å². The number of nitrogens with one attached hydrogen (secondary N) is 1. The Balaban J connectivity index is 1.47. The maximum Gasteiger partial charge on any atom is 0.516 e. The molecular formula is C26H24F3N3O2S. The van der Waals surface area contributed by atoms with Crippen LogP contribution in [0.4, 0.5) is 18.9 Å². The van der Waals surface area contributed by atoms with Crippen molar-refractivity contribution in [2.24, 2.45) is 0 Å². The highest BCUT2D eigenvalue weighted by atomic mass is 32.2. The average molecular weight is 500 g/mol. The van der Waals surface area contributed by atoms with Gasteiger partial charge in [-0.25, -0.2) is 4.98 Å². The van der Waals surface area contributed by atoms with E-state index in [9.17, 15) is 21.6 Å². The summed E-state index contributed by atoms with van der Waals surface area (Å²) in [6, 6.07) is 17.8. The third-order valence-corrected chi connectivity index (χ3v) is 7.41. The lowest BCUT2D eigenvalue weighted by Crippen LogP contribution is -2.30. The Kier molecular flexibility index (Phi) is 5.62. The first-order valence-electron chi connectivity index (χ1n) is 11.3. The molecule has 1 saturated carbocycles. The summed E-state index contributed by atoms with van der Waals surface area (Å²) in [5.41, 5.74) is 0.864. The number of halogens is 3. The lowest BCUT2D eigenvalue weighted by atomic mass is 10.0. The van der Waals surface area contributed by atoms with E-state index in [-0.39, 0.29) is 5.69 Å². The van der Waals surface area contributed by atoms with Crippen LogP contribution in [0.5, 0.6) is 0 Å². The normalized spacial score (nSPS) is 14.4. The topological polar surface area (TPSA) is 64.0 Å². The van der Waals surface area contributed by atoms with Gasteiger partial charge in [0.15, 0.2) is 0 Å². The Morgan fingerprint density at radius 1 is 1.03 bits per heavy atom. The first-order valence-corrected chi connectivity index (χ1v) is 12.8. The summed E-state index contributed by atoms with van der Waals surface area (Å²) in [5, 5.41) is 1.15. The monoisotopic (exact) mass is 499 g/mol. The summed E-state index contributed by atoms with van der Waals surface area (Å²) in [7, 11) is -5.52. The van der Waals surface area contributed by atoms with Crippen molar-refractivity contribution >= 4 is 26.7 Å². The van der Waals surface area contributed by atoms with Gasteiger partial charge in [-0.15, -0.1) is 0 Å². The predicted octanol–water partition coefficient (Wildman–Crippen LogP) is 6.51. The minimum atomic E-state index is -5.52. The third-order valence-electron chi connectivity index (χ3n) is 6.31. The van der Waals surface area contributed by atoms with Gasteiger partial charge in [0.2, 0.25) is 0 Å². The van der Waals surface area contributed by atoms with Crippen LogP contribution >= 0.6 is 0 Å². The summed E-state index contributed by atoms with van der Waals surface area (Å²) >= 11 is 0. The number of para-hydroxylation sites is 1. The second-order valence-corrected chi connectivity index (χ2v) is 10.7. The molecule has 5 rings (SSSR count). The van der Waals surface area contributed by atoms with E-state index in [0.29, 0.717) is 23.6 Å². The van der Waals surface area contributed by atoms with E-state index in [4.69, 9.17) is 4.98 Å². The molecule has 2 aromatic heterocycles. The van der Waals surface area contributed by atoms with Crippen LogP contribution in [-0.2, 0) is 16.6 Å². The summed E-state index contributed by atoms with van der Waals surface area (Å²) in [5.74, 6) is 0.539. The van der Waals surface area contributed by atoms with E-state index in [1.165, 1.54) is 23.4 Å². The average Bonchev–Trinajstić information content (AvgIpc) is 3.57. The lowest BCUT2D eigenvalue weighted by molar-refractivity contribution is -0.0429. The minimum Gasteiger partial charge on any atom is -0.325 e. The molecule has 4 aromatic rings. The number of fused-ring (bicyclic) bond motifs is 1. The molecule has 1 aliphatic rings. The molecule has 1 aliphatic carbocycles. The van der Waals surface area contributed by atoms with Crippen molar-refractivity contribution < 1.29 is 21.6 Å². The highest BCUT2D eigenvalue weighted by molar-refractivity contribution is 7.93. The van der Waals surface area contributed by atoms with Crippen LogP contribution in [-0.4, -0.2) is 23.5 Å². The number of benzene rings is 2. The Hall–Kier alpha value is -3.33. The highest BCUT2D eigenvalue weighted by Crippen LogP contribution is 2.43. The van der Waals surface area contributed by atoms with Gasteiger partial charge in [0.05, 0.1) is 5.69 Å². The minimum absolute atomic E-state index is 0.125. The summed E-state index contributed by atoms with van der Waals surface area (Å²) in [6.07, 6.45) is 2.33. The second kappa shape index (κ2) is 8.41. The van der Waals surface area contributed by atoms with Crippen molar-refractivity contribution in [2.45, 2.75) is 44.7 Å². The molecule has 2 aromatic carbocycles. The second-order valence-electron chi connectivity index (χ2n) is 9.04. The SMILES string of the molecule is Cc1cc(C)c2cc(C3CC3)n(Cc3ccc(-c4ccccc4NS(=O)(=O)C(F)(F)F)cc3)c2n1. The number of alkyl halides is 3. The molecule has 1 fully saturated rings. The fraction of sp³-hybridized carbons (Fsp3) is 0.269. The van der Waals surface area contributed by atoms with Crippen molar-refractivity contribution in [1.29, 1.82) is 0 Å². The van der Waals surface area contributed by atoms with Gasteiger partial charge < -0.3 is 4.57 Å². The Morgan fingerprint density at radius 3 is 2.37 bits per heavy atom. The van der Waals surface area contributed by atoms with Gasteiger partial charge in [-0.05, 0) is 67.5 Å². The summed E-state index contributed by atoms with van der Waals surface area (Å²) in [6.45, 7) is 4.70. The van der Waals surface area contributed by atoms with Gasteiger partial charge in [-0.1, -0.05) is 42.5 Å².